The zero-order chi connectivity index (χ0) is 15.5. The van der Waals surface area contributed by atoms with Crippen LogP contribution in [0.5, 0.6) is 0 Å². The van der Waals surface area contributed by atoms with Crippen LogP contribution in [0.15, 0.2) is 42.6 Å². The molecule has 0 fully saturated rings. The molecule has 0 radical (unpaired) electrons. The minimum absolute atomic E-state index is 0.0705. The van der Waals surface area contributed by atoms with Crippen molar-refractivity contribution in [1.82, 2.24) is 25.3 Å². The third kappa shape index (κ3) is 2.95. The van der Waals surface area contributed by atoms with Crippen molar-refractivity contribution >= 4 is 16.9 Å². The summed E-state index contributed by atoms with van der Waals surface area (Å²) in [5, 5.41) is 11.2. The molecule has 1 atom stereocenters. The van der Waals surface area contributed by atoms with Gasteiger partial charge in [0.1, 0.15) is 5.52 Å². The van der Waals surface area contributed by atoms with E-state index in [9.17, 15) is 4.79 Å². The van der Waals surface area contributed by atoms with Crippen molar-refractivity contribution in [3.63, 3.8) is 0 Å². The number of pyridine rings is 1. The van der Waals surface area contributed by atoms with E-state index in [0.717, 1.165) is 16.7 Å². The molecule has 2 aromatic heterocycles. The number of hydrogen-bond acceptors (Lipinski definition) is 4. The maximum absolute atomic E-state index is 12.2. The van der Waals surface area contributed by atoms with Crippen molar-refractivity contribution in [1.29, 1.82) is 0 Å². The maximum Gasteiger partial charge on any atom is 0.253 e. The topological polar surface area (TPSA) is 72.7 Å². The molecule has 6 heteroatoms. The van der Waals surface area contributed by atoms with Gasteiger partial charge >= 0.3 is 0 Å². The van der Waals surface area contributed by atoms with Crippen molar-refractivity contribution < 1.29 is 4.79 Å². The summed E-state index contributed by atoms with van der Waals surface area (Å²) in [4.78, 5) is 16.3. The lowest BCUT2D eigenvalue weighted by Crippen LogP contribution is -2.36. The summed E-state index contributed by atoms with van der Waals surface area (Å²) >= 11 is 0. The minimum Gasteiger partial charge on any atom is -0.348 e. The number of aryl methyl sites for hydroxylation is 1. The number of carbonyl (C=O) groups excluding carboxylic acids is 1. The second-order valence-corrected chi connectivity index (χ2v) is 5.32. The molecule has 112 valence electrons. The molecule has 0 unspecified atom stereocenters. The molecule has 0 bridgehead atoms. The molecule has 2 heterocycles. The number of carbonyl (C=O) groups is 1. The Kier molecular flexibility index (Phi) is 3.82. The van der Waals surface area contributed by atoms with E-state index in [2.05, 4.69) is 20.6 Å². The van der Waals surface area contributed by atoms with Crippen LogP contribution in [0.1, 0.15) is 23.0 Å². The van der Waals surface area contributed by atoms with E-state index < -0.39 is 0 Å². The van der Waals surface area contributed by atoms with Crippen LogP contribution in [0.25, 0.3) is 11.0 Å². The molecule has 3 rings (SSSR count). The Balaban J connectivity index is 1.68. The first-order chi connectivity index (χ1) is 10.6. The number of hydrogen-bond donors (Lipinski definition) is 1. The molecule has 6 nitrogen and oxygen atoms in total. The lowest BCUT2D eigenvalue weighted by Gasteiger charge is -2.14. The molecular formula is C16H17N5O. The van der Waals surface area contributed by atoms with Crippen molar-refractivity contribution in [3.05, 3.63) is 53.9 Å². The van der Waals surface area contributed by atoms with Crippen molar-refractivity contribution in [2.75, 3.05) is 0 Å². The van der Waals surface area contributed by atoms with Gasteiger partial charge in [0.2, 0.25) is 0 Å². The van der Waals surface area contributed by atoms with Gasteiger partial charge in [0.15, 0.2) is 0 Å². The molecule has 22 heavy (non-hydrogen) atoms. The summed E-state index contributed by atoms with van der Waals surface area (Å²) in [6.07, 6.45) is 1.59. The Morgan fingerprint density at radius 3 is 2.86 bits per heavy atom. The molecule has 0 aliphatic heterocycles. The van der Waals surface area contributed by atoms with Gasteiger partial charge in [-0.05, 0) is 38.1 Å². The van der Waals surface area contributed by atoms with Gasteiger partial charge in [-0.15, -0.1) is 5.10 Å². The molecule has 1 amide bonds. The van der Waals surface area contributed by atoms with Gasteiger partial charge in [-0.1, -0.05) is 17.3 Å². The third-order valence-electron chi connectivity index (χ3n) is 3.42. The fraction of sp³-hybridized carbons (Fsp3) is 0.250. The average Bonchev–Trinajstić information content (AvgIpc) is 2.91. The highest BCUT2D eigenvalue weighted by Gasteiger charge is 2.12. The van der Waals surface area contributed by atoms with E-state index >= 15 is 0 Å². The van der Waals surface area contributed by atoms with Crippen molar-refractivity contribution in [3.8, 4) is 0 Å². The lowest BCUT2D eigenvalue weighted by molar-refractivity contribution is 0.0935. The van der Waals surface area contributed by atoms with Crippen molar-refractivity contribution in [2.24, 2.45) is 0 Å². The van der Waals surface area contributed by atoms with Crippen LogP contribution in [0.2, 0.25) is 0 Å². The van der Waals surface area contributed by atoms with Crippen LogP contribution in [-0.2, 0) is 6.54 Å². The molecule has 0 aliphatic rings. The average molecular weight is 295 g/mol. The van der Waals surface area contributed by atoms with E-state index in [1.807, 2.05) is 44.2 Å². The SMILES string of the molecule is Cc1ccc(C(=O)N[C@@H](C)Cn2nnc3ccccc32)cn1. The Bertz CT molecular complexity index is 794. The standard InChI is InChI=1S/C16H17N5O/c1-11-7-8-13(9-17-11)16(22)18-12(2)10-21-15-6-4-3-5-14(15)19-20-21/h3-9,12H,10H2,1-2H3,(H,18,22)/t12-/m0/s1. The number of rotatable bonds is 4. The van der Waals surface area contributed by atoms with Crippen LogP contribution in [0.3, 0.4) is 0 Å². The Morgan fingerprint density at radius 2 is 2.09 bits per heavy atom. The number of para-hydroxylation sites is 1. The number of nitrogens with one attached hydrogen (secondary N) is 1. The highest BCUT2D eigenvalue weighted by atomic mass is 16.1. The first-order valence-electron chi connectivity index (χ1n) is 7.15. The van der Waals surface area contributed by atoms with E-state index in [1.54, 1.807) is 16.9 Å². The van der Waals surface area contributed by atoms with Gasteiger partial charge in [-0.25, -0.2) is 4.68 Å². The Morgan fingerprint density at radius 1 is 1.27 bits per heavy atom. The summed E-state index contributed by atoms with van der Waals surface area (Å²) in [6, 6.07) is 11.3. The van der Waals surface area contributed by atoms with Gasteiger partial charge in [-0.3, -0.25) is 9.78 Å². The largest absolute Gasteiger partial charge is 0.348 e. The zero-order valence-electron chi connectivity index (χ0n) is 12.5. The first-order valence-corrected chi connectivity index (χ1v) is 7.15. The first kappa shape index (κ1) is 14.2. The molecule has 0 saturated heterocycles. The molecule has 1 aromatic carbocycles. The number of amides is 1. The number of benzene rings is 1. The smallest absolute Gasteiger partial charge is 0.253 e. The zero-order valence-corrected chi connectivity index (χ0v) is 12.5. The fourth-order valence-corrected chi connectivity index (χ4v) is 2.27. The van der Waals surface area contributed by atoms with E-state index in [-0.39, 0.29) is 11.9 Å². The second-order valence-electron chi connectivity index (χ2n) is 5.32. The summed E-state index contributed by atoms with van der Waals surface area (Å²) in [7, 11) is 0. The van der Waals surface area contributed by atoms with Crippen LogP contribution in [0, 0.1) is 6.92 Å². The minimum atomic E-state index is -0.135. The third-order valence-corrected chi connectivity index (χ3v) is 3.42. The molecule has 0 aliphatic carbocycles. The lowest BCUT2D eigenvalue weighted by atomic mass is 10.2. The van der Waals surface area contributed by atoms with Crippen molar-refractivity contribution in [2.45, 2.75) is 26.4 Å². The summed E-state index contributed by atoms with van der Waals surface area (Å²) in [5.41, 5.74) is 3.25. The normalized spacial score (nSPS) is 12.3. The van der Waals surface area contributed by atoms with Gasteiger partial charge in [-0.2, -0.15) is 0 Å². The molecule has 1 N–H and O–H groups in total. The monoisotopic (exact) mass is 295 g/mol. The van der Waals surface area contributed by atoms with Crippen LogP contribution < -0.4 is 5.32 Å². The number of nitrogens with zero attached hydrogens (tertiary/aromatic N) is 4. The molecule has 3 aromatic rings. The van der Waals surface area contributed by atoms with Gasteiger partial charge in [0.25, 0.3) is 5.91 Å². The predicted octanol–water partition coefficient (Wildman–Crippen LogP) is 1.95. The fourth-order valence-electron chi connectivity index (χ4n) is 2.27. The second kappa shape index (κ2) is 5.93. The van der Waals surface area contributed by atoms with Gasteiger partial charge in [0, 0.05) is 17.9 Å². The maximum atomic E-state index is 12.2. The highest BCUT2D eigenvalue weighted by molar-refractivity contribution is 5.94. The summed E-state index contributed by atoms with van der Waals surface area (Å²) in [5.74, 6) is -0.135. The van der Waals surface area contributed by atoms with Crippen LogP contribution >= 0.6 is 0 Å². The number of fused-ring (bicyclic) bond motifs is 1. The highest BCUT2D eigenvalue weighted by Crippen LogP contribution is 2.10. The predicted molar refractivity (Wildman–Crippen MR) is 83.4 cm³/mol. The van der Waals surface area contributed by atoms with Crippen LogP contribution in [-0.4, -0.2) is 31.9 Å². The van der Waals surface area contributed by atoms with Crippen LogP contribution in [0.4, 0.5) is 0 Å². The van der Waals surface area contributed by atoms with E-state index in [4.69, 9.17) is 0 Å². The molecular weight excluding hydrogens is 278 g/mol. The van der Waals surface area contributed by atoms with E-state index in [1.165, 1.54) is 0 Å². The number of aromatic nitrogens is 4. The molecule has 0 saturated carbocycles. The van der Waals surface area contributed by atoms with Gasteiger partial charge < -0.3 is 5.32 Å². The summed E-state index contributed by atoms with van der Waals surface area (Å²) < 4.78 is 1.80. The van der Waals surface area contributed by atoms with E-state index in [0.29, 0.717) is 12.1 Å². The van der Waals surface area contributed by atoms with Gasteiger partial charge in [0.05, 0.1) is 17.6 Å². The Hall–Kier alpha value is -2.76. The Labute approximate surface area is 128 Å². The molecule has 0 spiro atoms. The summed E-state index contributed by atoms with van der Waals surface area (Å²) in [6.45, 7) is 4.39. The quantitative estimate of drug-likeness (QED) is 0.798.